The number of imide groups is 1. The third kappa shape index (κ3) is 3.17. The van der Waals surface area contributed by atoms with Gasteiger partial charge in [-0.3, -0.25) is 4.79 Å². The SMILES string of the molecule is CC(C)(C)OC(=O)N1C(=O)C[C@@H]2C[C@@H]3OB(c4ccccc4)O[C@@H]3C=C21. The highest BCUT2D eigenvalue weighted by molar-refractivity contribution is 6.61. The molecule has 2 saturated heterocycles. The summed E-state index contributed by atoms with van der Waals surface area (Å²) in [6.07, 6.45) is 1.81. The highest BCUT2D eigenvalue weighted by Crippen LogP contribution is 2.41. The van der Waals surface area contributed by atoms with Crippen LogP contribution in [0.2, 0.25) is 0 Å². The van der Waals surface area contributed by atoms with Gasteiger partial charge in [0, 0.05) is 18.0 Å². The Balaban J connectivity index is 1.55. The zero-order chi connectivity index (χ0) is 18.5. The van der Waals surface area contributed by atoms with Crippen molar-refractivity contribution in [2.45, 2.75) is 51.4 Å². The first kappa shape index (κ1) is 17.3. The number of rotatable bonds is 1. The number of nitrogens with zero attached hydrogens (tertiary/aromatic N) is 1. The molecule has 26 heavy (non-hydrogen) atoms. The van der Waals surface area contributed by atoms with Gasteiger partial charge in [-0.15, -0.1) is 0 Å². The van der Waals surface area contributed by atoms with Crippen LogP contribution < -0.4 is 5.46 Å². The van der Waals surface area contributed by atoms with Gasteiger partial charge >= 0.3 is 13.2 Å². The number of likely N-dealkylation sites (tertiary alicyclic amines) is 1. The molecule has 2 fully saturated rings. The number of allylic oxidation sites excluding steroid dienone is 1. The largest absolute Gasteiger partial charge is 0.494 e. The summed E-state index contributed by atoms with van der Waals surface area (Å²) in [5, 5.41) is 0. The molecule has 3 aliphatic rings. The van der Waals surface area contributed by atoms with E-state index in [1.54, 1.807) is 20.8 Å². The Hall–Kier alpha value is -2.12. The summed E-state index contributed by atoms with van der Waals surface area (Å²) in [6.45, 7) is 5.35. The first-order valence-electron chi connectivity index (χ1n) is 8.95. The number of carbonyl (C=O) groups excluding carboxylic acids is 2. The molecule has 2 aliphatic heterocycles. The normalized spacial score (nSPS) is 27.9. The van der Waals surface area contributed by atoms with Crippen LogP contribution in [-0.2, 0) is 18.8 Å². The smallest absolute Gasteiger partial charge is 0.443 e. The second kappa shape index (κ2) is 6.25. The van der Waals surface area contributed by atoms with E-state index in [-0.39, 0.29) is 24.0 Å². The molecule has 136 valence electrons. The standard InChI is InChI=1S/C19H22BNO5/c1-19(2,3)24-18(23)21-14-11-16-15(9-12(14)10-17(21)22)25-20(26-16)13-7-5-4-6-8-13/h4-8,11-12,15-16H,9-10H2,1-3H3/t12-,15-,16+/m0/s1. The molecule has 4 rings (SSSR count). The number of hydrogen-bond acceptors (Lipinski definition) is 5. The van der Waals surface area contributed by atoms with Crippen molar-refractivity contribution in [3.63, 3.8) is 0 Å². The van der Waals surface area contributed by atoms with E-state index in [4.69, 9.17) is 14.0 Å². The second-order valence-electron chi connectivity index (χ2n) is 7.96. The lowest BCUT2D eigenvalue weighted by Gasteiger charge is -2.29. The summed E-state index contributed by atoms with van der Waals surface area (Å²) in [5.74, 6) is -0.260. The van der Waals surface area contributed by atoms with Gasteiger partial charge in [-0.1, -0.05) is 30.3 Å². The van der Waals surface area contributed by atoms with E-state index in [0.29, 0.717) is 18.5 Å². The van der Waals surface area contributed by atoms with Crippen LogP contribution in [-0.4, -0.2) is 41.8 Å². The monoisotopic (exact) mass is 355 g/mol. The number of fused-ring (bicyclic) bond motifs is 2. The Kier molecular flexibility index (Phi) is 4.16. The Bertz CT molecular complexity index is 757. The summed E-state index contributed by atoms with van der Waals surface area (Å²) < 4.78 is 17.5. The molecule has 1 aromatic carbocycles. The molecule has 0 unspecified atom stereocenters. The molecule has 0 N–H and O–H groups in total. The fourth-order valence-electron chi connectivity index (χ4n) is 3.71. The summed E-state index contributed by atoms with van der Waals surface area (Å²) in [5.41, 5.74) is 0.992. The minimum atomic E-state index is -0.654. The predicted octanol–water partition coefficient (Wildman–Crippen LogP) is 2.24. The summed E-state index contributed by atoms with van der Waals surface area (Å²) in [6, 6.07) is 9.77. The van der Waals surface area contributed by atoms with Gasteiger partial charge < -0.3 is 14.0 Å². The average Bonchev–Trinajstić information content (AvgIpc) is 3.10. The third-order valence-corrected chi connectivity index (χ3v) is 4.79. The molecular formula is C19H22BNO5. The van der Waals surface area contributed by atoms with Crippen LogP contribution in [0, 0.1) is 5.92 Å². The van der Waals surface area contributed by atoms with Crippen LogP contribution >= 0.6 is 0 Å². The maximum Gasteiger partial charge on any atom is 0.494 e. The molecule has 0 aromatic heterocycles. The predicted molar refractivity (Wildman–Crippen MR) is 95.5 cm³/mol. The molecule has 6 nitrogen and oxygen atoms in total. The van der Waals surface area contributed by atoms with Crippen molar-refractivity contribution >= 4 is 24.6 Å². The van der Waals surface area contributed by atoms with E-state index in [2.05, 4.69) is 0 Å². The molecule has 0 radical (unpaired) electrons. The van der Waals surface area contributed by atoms with Crippen molar-refractivity contribution in [1.82, 2.24) is 4.90 Å². The lowest BCUT2D eigenvalue weighted by Crippen LogP contribution is -2.38. The van der Waals surface area contributed by atoms with Crippen molar-refractivity contribution in [3.8, 4) is 0 Å². The molecule has 2 amide bonds. The molecule has 0 spiro atoms. The molecule has 0 saturated carbocycles. The first-order valence-corrected chi connectivity index (χ1v) is 8.95. The van der Waals surface area contributed by atoms with Gasteiger partial charge in [-0.05, 0) is 38.7 Å². The zero-order valence-electron chi connectivity index (χ0n) is 15.2. The Morgan fingerprint density at radius 2 is 1.96 bits per heavy atom. The van der Waals surface area contributed by atoms with Crippen LogP contribution in [0.15, 0.2) is 42.1 Å². The lowest BCUT2D eigenvalue weighted by atomic mass is 9.79. The summed E-state index contributed by atoms with van der Waals surface area (Å²) >= 11 is 0. The van der Waals surface area contributed by atoms with Gasteiger partial charge in [-0.2, -0.15) is 0 Å². The summed E-state index contributed by atoms with van der Waals surface area (Å²) in [4.78, 5) is 26.0. The number of carbonyl (C=O) groups is 2. The van der Waals surface area contributed by atoms with Gasteiger partial charge in [0.1, 0.15) is 5.60 Å². The Morgan fingerprint density at radius 1 is 1.23 bits per heavy atom. The van der Waals surface area contributed by atoms with Gasteiger partial charge in [0.05, 0.1) is 12.2 Å². The third-order valence-electron chi connectivity index (χ3n) is 4.79. The summed E-state index contributed by atoms with van der Waals surface area (Å²) in [7, 11) is -0.424. The van der Waals surface area contributed by atoms with Gasteiger partial charge in [0.15, 0.2) is 0 Å². The Labute approximate surface area is 153 Å². The van der Waals surface area contributed by atoms with Crippen LogP contribution in [0.4, 0.5) is 4.79 Å². The Morgan fingerprint density at radius 3 is 2.65 bits per heavy atom. The van der Waals surface area contributed by atoms with Crippen molar-refractivity contribution in [3.05, 3.63) is 42.1 Å². The van der Waals surface area contributed by atoms with Crippen molar-refractivity contribution in [1.29, 1.82) is 0 Å². The fraction of sp³-hybridized carbons (Fsp3) is 0.474. The molecule has 2 heterocycles. The molecule has 1 aliphatic carbocycles. The zero-order valence-corrected chi connectivity index (χ0v) is 15.2. The second-order valence-corrected chi connectivity index (χ2v) is 7.96. The van der Waals surface area contributed by atoms with E-state index < -0.39 is 18.8 Å². The van der Waals surface area contributed by atoms with Crippen molar-refractivity contribution in [2.75, 3.05) is 0 Å². The van der Waals surface area contributed by atoms with E-state index in [9.17, 15) is 9.59 Å². The molecule has 0 bridgehead atoms. The minimum Gasteiger partial charge on any atom is -0.443 e. The number of amides is 2. The minimum absolute atomic E-state index is 0.0330. The maximum absolute atomic E-state index is 12.5. The molecule has 1 aromatic rings. The van der Waals surface area contributed by atoms with E-state index in [0.717, 1.165) is 5.46 Å². The van der Waals surface area contributed by atoms with E-state index in [1.807, 2.05) is 36.4 Å². The highest BCUT2D eigenvalue weighted by Gasteiger charge is 2.50. The fourth-order valence-corrected chi connectivity index (χ4v) is 3.71. The number of hydrogen-bond donors (Lipinski definition) is 0. The van der Waals surface area contributed by atoms with Crippen LogP contribution in [0.3, 0.4) is 0 Å². The maximum atomic E-state index is 12.5. The van der Waals surface area contributed by atoms with Gasteiger partial charge in [-0.25, -0.2) is 9.69 Å². The van der Waals surface area contributed by atoms with Crippen molar-refractivity contribution < 1.29 is 23.6 Å². The average molecular weight is 355 g/mol. The van der Waals surface area contributed by atoms with Crippen LogP contribution in [0.25, 0.3) is 0 Å². The quantitative estimate of drug-likeness (QED) is 0.723. The topological polar surface area (TPSA) is 65.1 Å². The lowest BCUT2D eigenvalue weighted by molar-refractivity contribution is -0.126. The first-order chi connectivity index (χ1) is 12.3. The van der Waals surface area contributed by atoms with Crippen LogP contribution in [0.5, 0.6) is 0 Å². The molecular weight excluding hydrogens is 333 g/mol. The van der Waals surface area contributed by atoms with E-state index >= 15 is 0 Å². The highest BCUT2D eigenvalue weighted by atomic mass is 16.7. The van der Waals surface area contributed by atoms with Crippen molar-refractivity contribution in [2.24, 2.45) is 5.92 Å². The molecule has 7 heteroatoms. The van der Waals surface area contributed by atoms with E-state index in [1.165, 1.54) is 4.90 Å². The molecule has 3 atom stereocenters. The van der Waals surface area contributed by atoms with Gasteiger partial charge in [0.2, 0.25) is 5.91 Å². The van der Waals surface area contributed by atoms with Gasteiger partial charge in [0.25, 0.3) is 0 Å². The number of benzene rings is 1. The number of ether oxygens (including phenoxy) is 1. The van der Waals surface area contributed by atoms with Crippen LogP contribution in [0.1, 0.15) is 33.6 Å².